The van der Waals surface area contributed by atoms with Crippen LogP contribution in [0.4, 0.5) is 0 Å². The Bertz CT molecular complexity index is 1010. The molecule has 0 radical (unpaired) electrons. The number of amides is 2. The van der Waals surface area contributed by atoms with E-state index in [0.717, 1.165) is 20.7 Å². The van der Waals surface area contributed by atoms with E-state index in [2.05, 4.69) is 4.98 Å². The number of thioether (sulfide) groups is 1. The second-order valence-corrected chi connectivity index (χ2v) is 9.10. The molecule has 0 aromatic carbocycles. The summed E-state index contributed by atoms with van der Waals surface area (Å²) in [5.41, 5.74) is 0. The molecular formula is C20H22N4O3S2. The Hall–Kier alpha value is -2.52. The van der Waals surface area contributed by atoms with E-state index in [4.69, 9.17) is 4.42 Å². The smallest absolute Gasteiger partial charge is 0.289 e. The largest absolute Gasteiger partial charge is 0.455 e. The van der Waals surface area contributed by atoms with Crippen molar-refractivity contribution in [3.8, 4) is 0 Å². The van der Waals surface area contributed by atoms with Crippen molar-refractivity contribution in [3.63, 3.8) is 0 Å². The zero-order chi connectivity index (χ0) is 20.4. The highest BCUT2D eigenvalue weighted by atomic mass is 32.2. The third-order valence-electron chi connectivity index (χ3n) is 4.80. The SMILES string of the molecule is Cc1ccc(C(=O)N2CCN(C(=O)c3ccc(CSc4nccn4C)o3)CC2)s1. The molecule has 0 N–H and O–H groups in total. The molecule has 1 saturated heterocycles. The summed E-state index contributed by atoms with van der Waals surface area (Å²) in [5.74, 6) is 1.61. The number of imidazole rings is 1. The molecule has 0 bridgehead atoms. The first-order chi connectivity index (χ1) is 14.0. The van der Waals surface area contributed by atoms with Gasteiger partial charge in [-0.15, -0.1) is 11.3 Å². The molecule has 9 heteroatoms. The van der Waals surface area contributed by atoms with E-state index in [0.29, 0.717) is 37.7 Å². The van der Waals surface area contributed by atoms with Gasteiger partial charge in [0.2, 0.25) is 0 Å². The van der Waals surface area contributed by atoms with Crippen LogP contribution in [-0.2, 0) is 12.8 Å². The van der Waals surface area contributed by atoms with Crippen molar-refractivity contribution in [2.24, 2.45) is 7.05 Å². The van der Waals surface area contributed by atoms with Crippen molar-refractivity contribution in [3.05, 3.63) is 57.9 Å². The highest BCUT2D eigenvalue weighted by molar-refractivity contribution is 7.98. The number of carbonyl (C=O) groups is 2. The normalized spacial score (nSPS) is 14.4. The summed E-state index contributed by atoms with van der Waals surface area (Å²) in [4.78, 5) is 35.0. The number of nitrogens with zero attached hydrogens (tertiary/aromatic N) is 4. The number of carbonyl (C=O) groups excluding carboxylic acids is 2. The fourth-order valence-corrected chi connectivity index (χ4v) is 4.83. The van der Waals surface area contributed by atoms with E-state index < -0.39 is 0 Å². The lowest BCUT2D eigenvalue weighted by Crippen LogP contribution is -2.50. The van der Waals surface area contributed by atoms with E-state index in [1.54, 1.807) is 28.9 Å². The van der Waals surface area contributed by atoms with Gasteiger partial charge in [-0.3, -0.25) is 9.59 Å². The zero-order valence-corrected chi connectivity index (χ0v) is 18.0. The number of furan rings is 1. The number of piperazine rings is 1. The Balaban J connectivity index is 1.31. The third-order valence-corrected chi connectivity index (χ3v) is 6.87. The van der Waals surface area contributed by atoms with Gasteiger partial charge in [0.25, 0.3) is 11.8 Å². The summed E-state index contributed by atoms with van der Waals surface area (Å²) in [6, 6.07) is 7.39. The summed E-state index contributed by atoms with van der Waals surface area (Å²) < 4.78 is 7.70. The molecule has 0 saturated carbocycles. The minimum Gasteiger partial charge on any atom is -0.455 e. The van der Waals surface area contributed by atoms with E-state index in [9.17, 15) is 9.59 Å². The number of aryl methyl sites for hydroxylation is 2. The predicted octanol–water partition coefficient (Wildman–Crippen LogP) is 3.27. The highest BCUT2D eigenvalue weighted by Gasteiger charge is 2.27. The standard InChI is InChI=1S/C20H22N4O3S2/c1-14-3-6-17(29-14)19(26)24-11-9-23(10-12-24)18(25)16-5-4-15(27-16)13-28-20-21-7-8-22(20)2/h3-8H,9-13H2,1-2H3. The molecule has 3 aromatic rings. The van der Waals surface area contributed by atoms with Crippen molar-refractivity contribution < 1.29 is 14.0 Å². The van der Waals surface area contributed by atoms with Gasteiger partial charge in [-0.25, -0.2) is 4.98 Å². The van der Waals surface area contributed by atoms with Gasteiger partial charge < -0.3 is 18.8 Å². The molecule has 0 atom stereocenters. The first-order valence-corrected chi connectivity index (χ1v) is 11.2. The Labute approximate surface area is 177 Å². The number of aromatic nitrogens is 2. The molecule has 0 aliphatic carbocycles. The number of rotatable bonds is 5. The molecule has 152 valence electrons. The van der Waals surface area contributed by atoms with Crippen LogP contribution in [0.5, 0.6) is 0 Å². The van der Waals surface area contributed by atoms with Crippen LogP contribution in [0.2, 0.25) is 0 Å². The molecule has 1 aliphatic heterocycles. The Morgan fingerprint density at radius 2 is 1.83 bits per heavy atom. The van der Waals surface area contributed by atoms with Crippen LogP contribution in [0.15, 0.2) is 46.2 Å². The molecule has 0 unspecified atom stereocenters. The minimum atomic E-state index is -0.127. The maximum absolute atomic E-state index is 12.8. The van der Waals surface area contributed by atoms with Crippen LogP contribution in [0.1, 0.15) is 30.9 Å². The monoisotopic (exact) mass is 430 g/mol. The van der Waals surface area contributed by atoms with E-state index in [-0.39, 0.29) is 11.8 Å². The van der Waals surface area contributed by atoms with Gasteiger partial charge in [-0.05, 0) is 31.2 Å². The van der Waals surface area contributed by atoms with E-state index in [1.165, 1.54) is 11.3 Å². The molecule has 1 fully saturated rings. The Kier molecular flexibility index (Phi) is 5.77. The molecule has 3 aromatic heterocycles. The summed E-state index contributed by atoms with van der Waals surface area (Å²) in [5, 5.41) is 0.899. The predicted molar refractivity (Wildman–Crippen MR) is 112 cm³/mol. The number of thiophene rings is 1. The van der Waals surface area contributed by atoms with Crippen molar-refractivity contribution in [1.29, 1.82) is 0 Å². The summed E-state index contributed by atoms with van der Waals surface area (Å²) in [7, 11) is 1.94. The molecule has 29 heavy (non-hydrogen) atoms. The van der Waals surface area contributed by atoms with Gasteiger partial charge in [0.1, 0.15) is 5.76 Å². The molecule has 1 aliphatic rings. The topological polar surface area (TPSA) is 71.6 Å². The minimum absolute atomic E-state index is 0.0433. The maximum Gasteiger partial charge on any atom is 0.289 e. The summed E-state index contributed by atoms with van der Waals surface area (Å²) >= 11 is 3.07. The molecule has 7 nitrogen and oxygen atoms in total. The van der Waals surface area contributed by atoms with Gasteiger partial charge in [-0.2, -0.15) is 0 Å². The lowest BCUT2D eigenvalue weighted by molar-refractivity contribution is 0.0520. The first-order valence-electron chi connectivity index (χ1n) is 9.35. The maximum atomic E-state index is 12.8. The number of hydrogen-bond donors (Lipinski definition) is 0. The van der Waals surface area contributed by atoms with Crippen molar-refractivity contribution >= 4 is 34.9 Å². The Morgan fingerprint density at radius 1 is 1.10 bits per heavy atom. The second kappa shape index (κ2) is 8.46. The molecule has 2 amide bonds. The average Bonchev–Trinajstić information content (AvgIpc) is 3.47. The van der Waals surface area contributed by atoms with Gasteiger partial charge in [0.05, 0.1) is 10.6 Å². The van der Waals surface area contributed by atoms with Crippen molar-refractivity contribution in [2.45, 2.75) is 17.8 Å². The fraction of sp³-hybridized carbons (Fsp3) is 0.350. The lowest BCUT2D eigenvalue weighted by atomic mass is 10.2. The number of hydrogen-bond acceptors (Lipinski definition) is 6. The van der Waals surface area contributed by atoms with Crippen LogP contribution in [0, 0.1) is 6.92 Å². The zero-order valence-electron chi connectivity index (χ0n) is 16.3. The quantitative estimate of drug-likeness (QED) is 0.581. The highest BCUT2D eigenvalue weighted by Crippen LogP contribution is 2.23. The molecular weight excluding hydrogens is 408 g/mol. The van der Waals surface area contributed by atoms with Crippen molar-refractivity contribution in [2.75, 3.05) is 26.2 Å². The van der Waals surface area contributed by atoms with Crippen LogP contribution >= 0.6 is 23.1 Å². The third kappa shape index (κ3) is 4.40. The van der Waals surface area contributed by atoms with E-state index >= 15 is 0 Å². The van der Waals surface area contributed by atoms with Crippen LogP contribution < -0.4 is 0 Å². The molecule has 4 rings (SSSR count). The summed E-state index contributed by atoms with van der Waals surface area (Å²) in [6.45, 7) is 4.07. The fourth-order valence-electron chi connectivity index (χ4n) is 3.17. The van der Waals surface area contributed by atoms with Gasteiger partial charge in [-0.1, -0.05) is 11.8 Å². The van der Waals surface area contributed by atoms with Gasteiger partial charge in [0, 0.05) is 50.5 Å². The lowest BCUT2D eigenvalue weighted by Gasteiger charge is -2.34. The van der Waals surface area contributed by atoms with Crippen LogP contribution in [0.25, 0.3) is 0 Å². The van der Waals surface area contributed by atoms with Crippen molar-refractivity contribution in [1.82, 2.24) is 19.4 Å². The van der Waals surface area contributed by atoms with Gasteiger partial charge >= 0.3 is 0 Å². The summed E-state index contributed by atoms with van der Waals surface area (Å²) in [6.07, 6.45) is 3.65. The van der Waals surface area contributed by atoms with E-state index in [1.807, 2.05) is 47.8 Å². The molecule has 0 spiro atoms. The van der Waals surface area contributed by atoms with Gasteiger partial charge in [0.15, 0.2) is 10.9 Å². The Morgan fingerprint density at radius 3 is 2.45 bits per heavy atom. The first kappa shape index (κ1) is 19.8. The molecule has 4 heterocycles. The second-order valence-electron chi connectivity index (χ2n) is 6.87. The van der Waals surface area contributed by atoms with Crippen LogP contribution in [0.3, 0.4) is 0 Å². The average molecular weight is 431 g/mol. The van der Waals surface area contributed by atoms with Crippen LogP contribution in [-0.4, -0.2) is 57.3 Å².